The number of nitrogens with one attached hydrogen (secondary N) is 1. The van der Waals surface area contributed by atoms with Gasteiger partial charge >= 0.3 is 0 Å². The Hall–Kier alpha value is -0.120. The molecule has 4 N–H and O–H groups in total. The van der Waals surface area contributed by atoms with Crippen LogP contribution in [0.2, 0.25) is 0 Å². The van der Waals surface area contributed by atoms with Crippen molar-refractivity contribution in [1.82, 2.24) is 5.32 Å². The minimum absolute atomic E-state index is 0.0996. The van der Waals surface area contributed by atoms with Gasteiger partial charge in [-0.15, -0.1) is 0 Å². The number of rotatable bonds is 6. The summed E-state index contributed by atoms with van der Waals surface area (Å²) in [6.45, 7) is 7.80. The minimum atomic E-state index is 0.0996. The van der Waals surface area contributed by atoms with Crippen LogP contribution >= 0.6 is 0 Å². The van der Waals surface area contributed by atoms with Crippen LogP contribution in [0.1, 0.15) is 52.9 Å². The van der Waals surface area contributed by atoms with Gasteiger partial charge in [0.2, 0.25) is 0 Å². The van der Waals surface area contributed by atoms with Crippen LogP contribution in [0.15, 0.2) is 0 Å². The number of nitrogens with two attached hydrogens (primary N) is 1. The second-order valence-corrected chi connectivity index (χ2v) is 5.90. The first-order chi connectivity index (χ1) is 8.07. The van der Waals surface area contributed by atoms with Gasteiger partial charge in [-0.3, -0.25) is 0 Å². The third-order valence-corrected chi connectivity index (χ3v) is 4.61. The summed E-state index contributed by atoms with van der Waals surface area (Å²) in [6, 6.07) is 0.402. The van der Waals surface area contributed by atoms with Gasteiger partial charge in [-0.1, -0.05) is 20.8 Å². The minimum Gasteiger partial charge on any atom is -0.396 e. The lowest BCUT2D eigenvalue weighted by molar-refractivity contribution is 0.108. The van der Waals surface area contributed by atoms with Gasteiger partial charge in [0.1, 0.15) is 0 Å². The van der Waals surface area contributed by atoms with E-state index in [0.29, 0.717) is 18.5 Å². The molecule has 0 heterocycles. The molecule has 1 aliphatic rings. The molecule has 17 heavy (non-hydrogen) atoms. The zero-order valence-electron chi connectivity index (χ0n) is 11.7. The van der Waals surface area contributed by atoms with Gasteiger partial charge in [-0.05, 0) is 43.9 Å². The van der Waals surface area contributed by atoms with Crippen molar-refractivity contribution in [2.24, 2.45) is 17.6 Å². The number of hydrogen-bond acceptors (Lipinski definition) is 3. The van der Waals surface area contributed by atoms with Gasteiger partial charge in [0, 0.05) is 24.7 Å². The standard InChI is InChI=1S/C14H30N2O/c1-4-13(6-8-17)16-14(10-15)7-5-11(2)9-12(14)3/h11-13,16-17H,4-10,15H2,1-3H3. The Bertz CT molecular complexity index is 222. The van der Waals surface area contributed by atoms with E-state index in [1.807, 2.05) is 0 Å². The van der Waals surface area contributed by atoms with Crippen LogP contribution in [-0.4, -0.2) is 29.8 Å². The van der Waals surface area contributed by atoms with Gasteiger partial charge in [-0.25, -0.2) is 0 Å². The fourth-order valence-electron chi connectivity index (χ4n) is 3.21. The Morgan fingerprint density at radius 1 is 1.47 bits per heavy atom. The van der Waals surface area contributed by atoms with Crippen LogP contribution < -0.4 is 11.1 Å². The molecule has 1 aliphatic carbocycles. The topological polar surface area (TPSA) is 58.3 Å². The van der Waals surface area contributed by atoms with Crippen molar-refractivity contribution in [3.05, 3.63) is 0 Å². The van der Waals surface area contributed by atoms with Gasteiger partial charge in [0.05, 0.1) is 0 Å². The van der Waals surface area contributed by atoms with E-state index >= 15 is 0 Å². The molecule has 0 radical (unpaired) electrons. The Morgan fingerprint density at radius 3 is 2.65 bits per heavy atom. The Morgan fingerprint density at radius 2 is 2.18 bits per heavy atom. The second kappa shape index (κ2) is 6.72. The average molecular weight is 242 g/mol. The summed E-state index contributed by atoms with van der Waals surface area (Å²) in [5, 5.41) is 12.8. The smallest absolute Gasteiger partial charge is 0.0445 e. The molecule has 3 nitrogen and oxygen atoms in total. The molecule has 1 saturated carbocycles. The number of aliphatic hydroxyl groups is 1. The van der Waals surface area contributed by atoms with Crippen molar-refractivity contribution in [2.45, 2.75) is 64.5 Å². The maximum atomic E-state index is 9.09. The molecule has 102 valence electrons. The first-order valence-corrected chi connectivity index (χ1v) is 7.16. The number of hydrogen-bond donors (Lipinski definition) is 3. The fourth-order valence-corrected chi connectivity index (χ4v) is 3.21. The third kappa shape index (κ3) is 3.67. The lowest BCUT2D eigenvalue weighted by atomic mass is 9.69. The molecule has 4 atom stereocenters. The largest absolute Gasteiger partial charge is 0.396 e. The lowest BCUT2D eigenvalue weighted by Crippen LogP contribution is -2.61. The van der Waals surface area contributed by atoms with Crippen molar-refractivity contribution in [2.75, 3.05) is 13.2 Å². The normalized spacial score (nSPS) is 35.8. The Balaban J connectivity index is 2.67. The molecule has 0 aromatic heterocycles. The van der Waals surface area contributed by atoms with E-state index in [9.17, 15) is 0 Å². The summed E-state index contributed by atoms with van der Waals surface area (Å²) in [6.07, 6.45) is 5.60. The Kier molecular flexibility index (Phi) is 5.90. The zero-order valence-corrected chi connectivity index (χ0v) is 11.7. The van der Waals surface area contributed by atoms with E-state index in [2.05, 4.69) is 26.1 Å². The van der Waals surface area contributed by atoms with Crippen LogP contribution in [0.25, 0.3) is 0 Å². The average Bonchev–Trinajstić information content (AvgIpc) is 2.32. The second-order valence-electron chi connectivity index (χ2n) is 5.90. The predicted octanol–water partition coefficient (Wildman–Crippen LogP) is 1.89. The molecule has 0 spiro atoms. The molecule has 4 unspecified atom stereocenters. The van der Waals surface area contributed by atoms with E-state index in [-0.39, 0.29) is 12.1 Å². The van der Waals surface area contributed by atoms with Gasteiger partial charge in [0.15, 0.2) is 0 Å². The van der Waals surface area contributed by atoms with Crippen molar-refractivity contribution in [3.8, 4) is 0 Å². The van der Waals surface area contributed by atoms with E-state index in [4.69, 9.17) is 10.8 Å². The lowest BCUT2D eigenvalue weighted by Gasteiger charge is -2.47. The zero-order chi connectivity index (χ0) is 12.9. The highest BCUT2D eigenvalue weighted by molar-refractivity contribution is 4.99. The molecule has 0 aliphatic heterocycles. The summed E-state index contributed by atoms with van der Waals surface area (Å²) >= 11 is 0. The van der Waals surface area contributed by atoms with E-state index in [1.165, 1.54) is 19.3 Å². The highest BCUT2D eigenvalue weighted by Gasteiger charge is 2.39. The molecule has 1 fully saturated rings. The highest BCUT2D eigenvalue weighted by atomic mass is 16.3. The molecule has 0 saturated heterocycles. The summed E-state index contributed by atoms with van der Waals surface area (Å²) in [7, 11) is 0. The summed E-state index contributed by atoms with van der Waals surface area (Å²) in [5.41, 5.74) is 6.15. The summed E-state index contributed by atoms with van der Waals surface area (Å²) < 4.78 is 0. The molecule has 0 bridgehead atoms. The van der Waals surface area contributed by atoms with Crippen LogP contribution in [0.5, 0.6) is 0 Å². The molecular weight excluding hydrogens is 212 g/mol. The first kappa shape index (κ1) is 14.9. The number of aliphatic hydroxyl groups excluding tert-OH is 1. The quantitative estimate of drug-likeness (QED) is 0.666. The summed E-state index contributed by atoms with van der Waals surface area (Å²) in [4.78, 5) is 0. The van der Waals surface area contributed by atoms with Crippen molar-refractivity contribution >= 4 is 0 Å². The van der Waals surface area contributed by atoms with E-state index < -0.39 is 0 Å². The molecule has 0 amide bonds. The van der Waals surface area contributed by atoms with Crippen LogP contribution in [0.3, 0.4) is 0 Å². The van der Waals surface area contributed by atoms with Gasteiger partial charge in [-0.2, -0.15) is 0 Å². The van der Waals surface area contributed by atoms with Crippen LogP contribution in [0.4, 0.5) is 0 Å². The van der Waals surface area contributed by atoms with E-state index in [1.54, 1.807) is 0 Å². The molecule has 1 rings (SSSR count). The monoisotopic (exact) mass is 242 g/mol. The maximum Gasteiger partial charge on any atom is 0.0445 e. The molecular formula is C14H30N2O. The third-order valence-electron chi connectivity index (χ3n) is 4.61. The SMILES string of the molecule is CCC(CCO)NC1(CN)CCC(C)CC1C. The fraction of sp³-hybridized carbons (Fsp3) is 1.00. The van der Waals surface area contributed by atoms with Gasteiger partial charge < -0.3 is 16.2 Å². The van der Waals surface area contributed by atoms with Crippen LogP contribution in [-0.2, 0) is 0 Å². The molecule has 0 aromatic rings. The van der Waals surface area contributed by atoms with Crippen molar-refractivity contribution < 1.29 is 5.11 Å². The van der Waals surface area contributed by atoms with E-state index in [0.717, 1.165) is 18.8 Å². The summed E-state index contributed by atoms with van der Waals surface area (Å²) in [5.74, 6) is 1.45. The van der Waals surface area contributed by atoms with Gasteiger partial charge in [0.25, 0.3) is 0 Å². The maximum absolute atomic E-state index is 9.09. The first-order valence-electron chi connectivity index (χ1n) is 7.16. The molecule has 0 aromatic carbocycles. The Labute approximate surface area is 106 Å². The molecule has 3 heteroatoms. The van der Waals surface area contributed by atoms with Crippen molar-refractivity contribution in [3.63, 3.8) is 0 Å². The van der Waals surface area contributed by atoms with Crippen LogP contribution in [0, 0.1) is 11.8 Å². The highest BCUT2D eigenvalue weighted by Crippen LogP contribution is 2.36. The predicted molar refractivity (Wildman–Crippen MR) is 72.9 cm³/mol. The van der Waals surface area contributed by atoms with Crippen molar-refractivity contribution in [1.29, 1.82) is 0 Å².